The molecule has 0 unspecified atom stereocenters. The summed E-state index contributed by atoms with van der Waals surface area (Å²) >= 11 is 0. The van der Waals surface area contributed by atoms with Crippen LogP contribution in [0.2, 0.25) is 25.7 Å². The zero-order chi connectivity index (χ0) is 8.48. The van der Waals surface area contributed by atoms with Gasteiger partial charge in [0.2, 0.25) is 0 Å². The summed E-state index contributed by atoms with van der Waals surface area (Å²) in [4.78, 5) is 11.0. The standard InChI is InChI=1S/C8H14O2Si/c1-11(2,3)6-7-4-5-10-8(7)9/h4H,5-6H2,1-3H3. The first-order valence-electron chi connectivity index (χ1n) is 3.85. The summed E-state index contributed by atoms with van der Waals surface area (Å²) in [7, 11) is -1.13. The Morgan fingerprint density at radius 2 is 2.18 bits per heavy atom. The highest BCUT2D eigenvalue weighted by Gasteiger charge is 2.23. The van der Waals surface area contributed by atoms with Crippen LogP contribution >= 0.6 is 0 Å². The van der Waals surface area contributed by atoms with Crippen molar-refractivity contribution in [1.82, 2.24) is 0 Å². The van der Waals surface area contributed by atoms with Gasteiger partial charge in [0.25, 0.3) is 0 Å². The van der Waals surface area contributed by atoms with Crippen LogP contribution < -0.4 is 0 Å². The van der Waals surface area contributed by atoms with Gasteiger partial charge in [-0.15, -0.1) is 0 Å². The Balaban J connectivity index is 2.56. The molecule has 0 fully saturated rings. The van der Waals surface area contributed by atoms with E-state index in [1.54, 1.807) is 0 Å². The molecule has 3 heteroatoms. The summed E-state index contributed by atoms with van der Waals surface area (Å²) in [5.74, 6) is -0.104. The van der Waals surface area contributed by atoms with Gasteiger partial charge < -0.3 is 4.74 Å². The van der Waals surface area contributed by atoms with Crippen LogP contribution in [0, 0.1) is 0 Å². The number of ether oxygens (including phenoxy) is 1. The molecule has 0 saturated heterocycles. The van der Waals surface area contributed by atoms with E-state index in [1.807, 2.05) is 6.08 Å². The van der Waals surface area contributed by atoms with Gasteiger partial charge in [0.1, 0.15) is 6.61 Å². The zero-order valence-corrected chi connectivity index (χ0v) is 8.31. The van der Waals surface area contributed by atoms with Crippen LogP contribution in [0.25, 0.3) is 0 Å². The number of hydrogen-bond donors (Lipinski definition) is 0. The number of hydrogen-bond acceptors (Lipinski definition) is 2. The third-order valence-electron chi connectivity index (χ3n) is 1.53. The van der Waals surface area contributed by atoms with E-state index in [0.29, 0.717) is 6.61 Å². The van der Waals surface area contributed by atoms with Crippen molar-refractivity contribution in [2.45, 2.75) is 25.7 Å². The van der Waals surface area contributed by atoms with Gasteiger partial charge in [-0.3, -0.25) is 0 Å². The predicted molar refractivity (Wildman–Crippen MR) is 47.2 cm³/mol. The third kappa shape index (κ3) is 2.50. The predicted octanol–water partition coefficient (Wildman–Crippen LogP) is 1.81. The van der Waals surface area contributed by atoms with Gasteiger partial charge in [-0.2, -0.15) is 0 Å². The number of carbonyl (C=O) groups excluding carboxylic acids is 1. The summed E-state index contributed by atoms with van der Waals surface area (Å²) in [6.45, 7) is 7.23. The molecule has 1 rings (SSSR count). The Morgan fingerprint density at radius 3 is 2.55 bits per heavy atom. The van der Waals surface area contributed by atoms with Crippen molar-refractivity contribution in [3.8, 4) is 0 Å². The molecule has 0 aromatic carbocycles. The molecule has 62 valence electrons. The van der Waals surface area contributed by atoms with Gasteiger partial charge >= 0.3 is 5.97 Å². The molecule has 0 N–H and O–H groups in total. The minimum absolute atomic E-state index is 0.104. The fraction of sp³-hybridized carbons (Fsp3) is 0.625. The van der Waals surface area contributed by atoms with E-state index in [-0.39, 0.29) is 5.97 Å². The number of cyclic esters (lactones) is 1. The fourth-order valence-electron chi connectivity index (χ4n) is 1.11. The molecule has 0 saturated carbocycles. The Morgan fingerprint density at radius 1 is 1.55 bits per heavy atom. The molecule has 0 atom stereocenters. The van der Waals surface area contributed by atoms with Crippen LogP contribution in [-0.2, 0) is 9.53 Å². The van der Waals surface area contributed by atoms with Crippen LogP contribution in [-0.4, -0.2) is 20.7 Å². The summed E-state index contributed by atoms with van der Waals surface area (Å²) in [6, 6.07) is 0.950. The van der Waals surface area contributed by atoms with Gasteiger partial charge in [0, 0.05) is 13.6 Å². The Bertz CT molecular complexity index is 201. The molecule has 0 bridgehead atoms. The molecule has 1 heterocycles. The molecule has 0 spiro atoms. The summed E-state index contributed by atoms with van der Waals surface area (Å²) < 4.78 is 4.80. The van der Waals surface area contributed by atoms with E-state index in [0.717, 1.165) is 11.6 Å². The molecular formula is C8H14O2Si. The van der Waals surface area contributed by atoms with Crippen molar-refractivity contribution >= 4 is 14.0 Å². The smallest absolute Gasteiger partial charge is 0.333 e. The van der Waals surface area contributed by atoms with E-state index in [4.69, 9.17) is 4.74 Å². The van der Waals surface area contributed by atoms with Crippen molar-refractivity contribution in [3.05, 3.63) is 11.6 Å². The van der Waals surface area contributed by atoms with Crippen molar-refractivity contribution in [2.24, 2.45) is 0 Å². The third-order valence-corrected chi connectivity index (χ3v) is 2.97. The minimum Gasteiger partial charge on any atom is -0.458 e. The first kappa shape index (κ1) is 8.52. The lowest BCUT2D eigenvalue weighted by molar-refractivity contribution is -0.135. The van der Waals surface area contributed by atoms with Gasteiger partial charge in [-0.1, -0.05) is 19.6 Å². The first-order valence-corrected chi connectivity index (χ1v) is 7.56. The van der Waals surface area contributed by atoms with E-state index in [9.17, 15) is 4.79 Å². The maximum atomic E-state index is 11.0. The Hall–Kier alpha value is -0.573. The average molecular weight is 170 g/mol. The second-order valence-corrected chi connectivity index (χ2v) is 9.54. The monoisotopic (exact) mass is 170 g/mol. The van der Waals surface area contributed by atoms with Crippen LogP contribution in [0.5, 0.6) is 0 Å². The highest BCUT2D eigenvalue weighted by atomic mass is 28.3. The number of rotatable bonds is 2. The second-order valence-electron chi connectivity index (χ2n) is 4.07. The van der Waals surface area contributed by atoms with Crippen molar-refractivity contribution in [1.29, 1.82) is 0 Å². The molecule has 0 aromatic heterocycles. The number of esters is 1. The lowest BCUT2D eigenvalue weighted by atomic mass is 10.3. The molecule has 1 aliphatic heterocycles. The lowest BCUT2D eigenvalue weighted by Crippen LogP contribution is -2.21. The van der Waals surface area contributed by atoms with Gasteiger partial charge in [0.05, 0.1) is 0 Å². The SMILES string of the molecule is C[Si](C)(C)CC1=CCOC1=O. The Kier molecular flexibility index (Phi) is 2.18. The molecular weight excluding hydrogens is 156 g/mol. The van der Waals surface area contributed by atoms with Crippen LogP contribution in [0.3, 0.4) is 0 Å². The van der Waals surface area contributed by atoms with Crippen molar-refractivity contribution < 1.29 is 9.53 Å². The fourth-order valence-corrected chi connectivity index (χ4v) is 2.54. The van der Waals surface area contributed by atoms with Crippen molar-refractivity contribution in [2.75, 3.05) is 6.61 Å². The van der Waals surface area contributed by atoms with E-state index >= 15 is 0 Å². The summed E-state index contributed by atoms with van der Waals surface area (Å²) in [5.41, 5.74) is 0.893. The van der Waals surface area contributed by atoms with Crippen LogP contribution in [0.1, 0.15) is 0 Å². The average Bonchev–Trinajstić information content (AvgIpc) is 2.12. The van der Waals surface area contributed by atoms with E-state index < -0.39 is 8.07 Å². The van der Waals surface area contributed by atoms with E-state index in [2.05, 4.69) is 19.6 Å². The molecule has 11 heavy (non-hydrogen) atoms. The van der Waals surface area contributed by atoms with Gasteiger partial charge in [0.15, 0.2) is 0 Å². The molecule has 1 aliphatic rings. The molecule has 0 amide bonds. The lowest BCUT2D eigenvalue weighted by Gasteiger charge is -2.14. The highest BCUT2D eigenvalue weighted by Crippen LogP contribution is 2.20. The normalized spacial score (nSPS) is 18.1. The molecule has 0 radical (unpaired) electrons. The second kappa shape index (κ2) is 2.81. The van der Waals surface area contributed by atoms with Crippen molar-refractivity contribution in [3.63, 3.8) is 0 Å². The topological polar surface area (TPSA) is 26.3 Å². The van der Waals surface area contributed by atoms with E-state index in [1.165, 1.54) is 0 Å². The number of carbonyl (C=O) groups is 1. The molecule has 0 aliphatic carbocycles. The Labute approximate surface area is 68.3 Å². The maximum Gasteiger partial charge on any atom is 0.333 e. The summed E-state index contributed by atoms with van der Waals surface area (Å²) in [6.07, 6.45) is 1.90. The van der Waals surface area contributed by atoms with Crippen LogP contribution in [0.4, 0.5) is 0 Å². The molecule has 0 aromatic rings. The zero-order valence-electron chi connectivity index (χ0n) is 7.31. The van der Waals surface area contributed by atoms with Crippen LogP contribution in [0.15, 0.2) is 11.6 Å². The maximum absolute atomic E-state index is 11.0. The summed E-state index contributed by atoms with van der Waals surface area (Å²) in [5, 5.41) is 0. The largest absolute Gasteiger partial charge is 0.458 e. The minimum atomic E-state index is -1.13. The van der Waals surface area contributed by atoms with Gasteiger partial charge in [-0.25, -0.2) is 4.79 Å². The highest BCUT2D eigenvalue weighted by molar-refractivity contribution is 6.77. The molecule has 2 nitrogen and oxygen atoms in total. The van der Waals surface area contributed by atoms with Gasteiger partial charge in [-0.05, 0) is 12.1 Å². The quantitative estimate of drug-likeness (QED) is 0.466. The first-order chi connectivity index (χ1) is 4.99.